The van der Waals surface area contributed by atoms with Gasteiger partial charge in [0.25, 0.3) is 0 Å². The summed E-state index contributed by atoms with van der Waals surface area (Å²) in [7, 11) is 1.85. The summed E-state index contributed by atoms with van der Waals surface area (Å²) in [6, 6.07) is 14.4. The molecule has 0 heterocycles. The zero-order valence-electron chi connectivity index (χ0n) is 12.8. The fourth-order valence-corrected chi connectivity index (χ4v) is 2.32. The van der Waals surface area contributed by atoms with Crippen molar-refractivity contribution in [1.82, 2.24) is 4.90 Å². The summed E-state index contributed by atoms with van der Waals surface area (Å²) in [4.78, 5) is 13.9. The molecule has 122 valence electrons. The maximum atomic E-state index is 12.0. The van der Waals surface area contributed by atoms with Gasteiger partial charge in [0, 0.05) is 11.6 Å². The quantitative estimate of drug-likeness (QED) is 0.820. The number of benzene rings is 2. The normalized spacial score (nSPS) is 10.6. The van der Waals surface area contributed by atoms with E-state index in [-0.39, 0.29) is 12.5 Å². The Morgan fingerprint density at radius 3 is 2.70 bits per heavy atom. The van der Waals surface area contributed by atoms with Gasteiger partial charge < -0.3 is 10.1 Å². The Bertz CT molecular complexity index is 665. The second-order valence-electron chi connectivity index (χ2n) is 5.07. The second-order valence-corrected chi connectivity index (χ2v) is 5.92. The first-order valence-electron chi connectivity index (χ1n) is 7.16. The van der Waals surface area contributed by atoms with Crippen molar-refractivity contribution in [2.45, 2.75) is 0 Å². The van der Waals surface area contributed by atoms with E-state index >= 15 is 0 Å². The first-order chi connectivity index (χ1) is 11.0. The number of para-hydroxylation sites is 1. The molecule has 2 rings (SSSR count). The van der Waals surface area contributed by atoms with Gasteiger partial charge in [0.2, 0.25) is 5.91 Å². The molecule has 0 radical (unpaired) electrons. The molecule has 2 aromatic rings. The van der Waals surface area contributed by atoms with Gasteiger partial charge in [0.05, 0.1) is 17.3 Å². The van der Waals surface area contributed by atoms with E-state index in [1.165, 1.54) is 0 Å². The van der Waals surface area contributed by atoms with Crippen molar-refractivity contribution in [3.63, 3.8) is 0 Å². The monoisotopic (exact) mass is 352 g/mol. The van der Waals surface area contributed by atoms with Crippen LogP contribution in [0.2, 0.25) is 10.0 Å². The Labute approximate surface area is 146 Å². The number of amides is 1. The first kappa shape index (κ1) is 17.6. The summed E-state index contributed by atoms with van der Waals surface area (Å²) in [6.07, 6.45) is 0. The van der Waals surface area contributed by atoms with E-state index in [2.05, 4.69) is 5.32 Å². The molecule has 0 aliphatic heterocycles. The standard InChI is InChI=1S/C17H18Cl2N2O2/c1-21(9-10-23-14-6-4-5-13(18)11-14)12-17(22)20-16-8-3-2-7-15(16)19/h2-8,11H,9-10,12H2,1H3,(H,20,22). The molecule has 23 heavy (non-hydrogen) atoms. The molecular weight excluding hydrogens is 335 g/mol. The van der Waals surface area contributed by atoms with Crippen LogP contribution in [0.4, 0.5) is 5.69 Å². The van der Waals surface area contributed by atoms with E-state index in [0.29, 0.717) is 34.6 Å². The number of ether oxygens (including phenoxy) is 1. The van der Waals surface area contributed by atoms with E-state index < -0.39 is 0 Å². The number of carbonyl (C=O) groups is 1. The summed E-state index contributed by atoms with van der Waals surface area (Å²) in [5, 5.41) is 3.94. The number of nitrogens with one attached hydrogen (secondary N) is 1. The number of rotatable bonds is 7. The Morgan fingerprint density at radius 1 is 1.17 bits per heavy atom. The van der Waals surface area contributed by atoms with Gasteiger partial charge in [-0.1, -0.05) is 41.4 Å². The number of hydrogen-bond donors (Lipinski definition) is 1. The Balaban J connectivity index is 1.73. The SMILES string of the molecule is CN(CCOc1cccc(Cl)c1)CC(=O)Nc1ccccc1Cl. The summed E-state index contributed by atoms with van der Waals surface area (Å²) < 4.78 is 5.60. The fourth-order valence-electron chi connectivity index (χ4n) is 1.95. The van der Waals surface area contributed by atoms with E-state index in [9.17, 15) is 4.79 Å². The van der Waals surface area contributed by atoms with Crippen molar-refractivity contribution in [1.29, 1.82) is 0 Å². The third kappa shape index (κ3) is 6.10. The number of anilines is 1. The molecule has 0 spiro atoms. The zero-order valence-corrected chi connectivity index (χ0v) is 14.3. The van der Waals surface area contributed by atoms with Crippen molar-refractivity contribution in [3.05, 3.63) is 58.6 Å². The molecule has 0 aromatic heterocycles. The van der Waals surface area contributed by atoms with E-state index in [0.717, 1.165) is 0 Å². The molecule has 6 heteroatoms. The van der Waals surface area contributed by atoms with Gasteiger partial charge >= 0.3 is 0 Å². The first-order valence-corrected chi connectivity index (χ1v) is 7.91. The lowest BCUT2D eigenvalue weighted by molar-refractivity contribution is -0.117. The van der Waals surface area contributed by atoms with Gasteiger partial charge in [-0.3, -0.25) is 9.69 Å². The van der Waals surface area contributed by atoms with Crippen LogP contribution >= 0.6 is 23.2 Å². The molecule has 4 nitrogen and oxygen atoms in total. The lowest BCUT2D eigenvalue weighted by Gasteiger charge is -2.17. The number of nitrogens with zero attached hydrogens (tertiary/aromatic N) is 1. The molecule has 0 saturated heterocycles. The van der Waals surface area contributed by atoms with E-state index in [1.807, 2.05) is 36.2 Å². The predicted octanol–water partition coefficient (Wildman–Crippen LogP) is 3.94. The second kappa shape index (κ2) is 8.77. The number of carbonyl (C=O) groups excluding carboxylic acids is 1. The lowest BCUT2D eigenvalue weighted by Crippen LogP contribution is -2.33. The average Bonchev–Trinajstić information content (AvgIpc) is 2.49. The highest BCUT2D eigenvalue weighted by atomic mass is 35.5. The summed E-state index contributed by atoms with van der Waals surface area (Å²) in [5.41, 5.74) is 0.614. The van der Waals surface area contributed by atoms with Gasteiger partial charge in [-0.25, -0.2) is 0 Å². The predicted molar refractivity (Wildman–Crippen MR) is 94.5 cm³/mol. The van der Waals surface area contributed by atoms with Crippen LogP contribution in [-0.4, -0.2) is 37.6 Å². The number of likely N-dealkylation sites (N-methyl/N-ethyl adjacent to an activating group) is 1. The van der Waals surface area contributed by atoms with Crippen molar-refractivity contribution >= 4 is 34.8 Å². The van der Waals surface area contributed by atoms with Gasteiger partial charge in [0.1, 0.15) is 12.4 Å². The molecule has 0 unspecified atom stereocenters. The zero-order chi connectivity index (χ0) is 16.7. The molecular formula is C17H18Cl2N2O2. The summed E-state index contributed by atoms with van der Waals surface area (Å²) in [5.74, 6) is 0.592. The minimum absolute atomic E-state index is 0.122. The van der Waals surface area contributed by atoms with Crippen LogP contribution in [0.5, 0.6) is 5.75 Å². The van der Waals surface area contributed by atoms with E-state index in [1.54, 1.807) is 24.3 Å². The highest BCUT2D eigenvalue weighted by Gasteiger charge is 2.08. The van der Waals surface area contributed by atoms with Gasteiger partial charge in [-0.2, -0.15) is 0 Å². The fraction of sp³-hybridized carbons (Fsp3) is 0.235. The molecule has 2 aromatic carbocycles. The minimum Gasteiger partial charge on any atom is -0.492 e. The van der Waals surface area contributed by atoms with Crippen LogP contribution in [0.15, 0.2) is 48.5 Å². The lowest BCUT2D eigenvalue weighted by atomic mass is 10.3. The van der Waals surface area contributed by atoms with Crippen LogP contribution in [0, 0.1) is 0 Å². The molecule has 1 N–H and O–H groups in total. The molecule has 0 bridgehead atoms. The van der Waals surface area contributed by atoms with Gasteiger partial charge in [-0.05, 0) is 37.4 Å². The van der Waals surface area contributed by atoms with Crippen LogP contribution in [-0.2, 0) is 4.79 Å². The summed E-state index contributed by atoms with van der Waals surface area (Å²) in [6.45, 7) is 1.34. The number of halogens is 2. The van der Waals surface area contributed by atoms with Crippen molar-refractivity contribution in [2.24, 2.45) is 0 Å². The van der Waals surface area contributed by atoms with Gasteiger partial charge in [-0.15, -0.1) is 0 Å². The van der Waals surface area contributed by atoms with Crippen LogP contribution in [0.3, 0.4) is 0 Å². The smallest absolute Gasteiger partial charge is 0.238 e. The van der Waals surface area contributed by atoms with Gasteiger partial charge in [0.15, 0.2) is 0 Å². The maximum Gasteiger partial charge on any atom is 0.238 e. The molecule has 0 atom stereocenters. The van der Waals surface area contributed by atoms with Crippen LogP contribution in [0.25, 0.3) is 0 Å². The maximum absolute atomic E-state index is 12.0. The Morgan fingerprint density at radius 2 is 1.96 bits per heavy atom. The highest BCUT2D eigenvalue weighted by molar-refractivity contribution is 6.33. The Hall–Kier alpha value is -1.75. The molecule has 0 saturated carbocycles. The van der Waals surface area contributed by atoms with Crippen molar-refractivity contribution < 1.29 is 9.53 Å². The van der Waals surface area contributed by atoms with E-state index in [4.69, 9.17) is 27.9 Å². The average molecular weight is 353 g/mol. The molecule has 1 amide bonds. The number of hydrogen-bond acceptors (Lipinski definition) is 3. The topological polar surface area (TPSA) is 41.6 Å². The molecule has 0 fully saturated rings. The van der Waals surface area contributed by atoms with Crippen molar-refractivity contribution in [2.75, 3.05) is 32.1 Å². The Kier molecular flexibility index (Phi) is 6.71. The minimum atomic E-state index is -0.122. The largest absolute Gasteiger partial charge is 0.492 e. The van der Waals surface area contributed by atoms with Crippen molar-refractivity contribution in [3.8, 4) is 5.75 Å². The third-order valence-corrected chi connectivity index (χ3v) is 3.66. The molecule has 0 aliphatic rings. The van der Waals surface area contributed by atoms with Crippen LogP contribution in [0.1, 0.15) is 0 Å². The highest BCUT2D eigenvalue weighted by Crippen LogP contribution is 2.20. The molecule has 0 aliphatic carbocycles. The summed E-state index contributed by atoms with van der Waals surface area (Å²) >= 11 is 11.9. The third-order valence-electron chi connectivity index (χ3n) is 3.10. The van der Waals surface area contributed by atoms with Crippen LogP contribution < -0.4 is 10.1 Å².